The summed E-state index contributed by atoms with van der Waals surface area (Å²) in [6.45, 7) is 0.883. The predicted molar refractivity (Wildman–Crippen MR) is 84.5 cm³/mol. The van der Waals surface area contributed by atoms with Gasteiger partial charge in [-0.15, -0.1) is 0 Å². The topological polar surface area (TPSA) is 12.0 Å². The summed E-state index contributed by atoms with van der Waals surface area (Å²) >= 11 is 5.20. The fourth-order valence-corrected chi connectivity index (χ4v) is 3.29. The molecule has 1 N–H and O–H groups in total. The van der Waals surface area contributed by atoms with E-state index in [-0.39, 0.29) is 5.82 Å². The molecule has 1 saturated carbocycles. The van der Waals surface area contributed by atoms with Gasteiger partial charge < -0.3 is 5.32 Å². The quantitative estimate of drug-likeness (QED) is 0.814. The van der Waals surface area contributed by atoms with Crippen LogP contribution in [-0.2, 0) is 6.54 Å². The van der Waals surface area contributed by atoms with Gasteiger partial charge in [-0.2, -0.15) is 0 Å². The highest BCUT2D eigenvalue weighted by Crippen LogP contribution is 2.32. The number of nitrogens with one attached hydrogen (secondary N) is 1. The Kier molecular flexibility index (Phi) is 4.44. The van der Waals surface area contributed by atoms with E-state index < -0.39 is 0 Å². The van der Waals surface area contributed by atoms with E-state index in [1.165, 1.54) is 35.4 Å². The maximum Gasteiger partial charge on any atom is 0.123 e. The minimum atomic E-state index is -0.194. The first-order valence-electron chi connectivity index (χ1n) is 6.66. The number of halogens is 2. The van der Waals surface area contributed by atoms with Gasteiger partial charge in [0.15, 0.2) is 0 Å². The second-order valence-corrected chi connectivity index (χ2v) is 6.99. The van der Waals surface area contributed by atoms with Crippen molar-refractivity contribution in [2.75, 3.05) is 0 Å². The third kappa shape index (κ3) is 3.84. The first kappa shape index (κ1) is 14.1. The van der Waals surface area contributed by atoms with Gasteiger partial charge in [0.2, 0.25) is 0 Å². The molecule has 0 amide bonds. The summed E-state index contributed by atoms with van der Waals surface area (Å²) in [5.41, 5.74) is 1.28. The summed E-state index contributed by atoms with van der Waals surface area (Å²) < 4.78 is 14.0. The lowest BCUT2D eigenvalue weighted by Crippen LogP contribution is -2.15. The number of benzene rings is 2. The summed E-state index contributed by atoms with van der Waals surface area (Å²) in [7, 11) is 0. The summed E-state index contributed by atoms with van der Waals surface area (Å²) in [5.74, 6) is -0.194. The number of hydrogen-bond acceptors (Lipinski definition) is 2. The van der Waals surface area contributed by atoms with Crippen molar-refractivity contribution >= 4 is 27.7 Å². The molecule has 0 bridgehead atoms. The van der Waals surface area contributed by atoms with E-state index in [9.17, 15) is 4.39 Å². The summed E-state index contributed by atoms with van der Waals surface area (Å²) in [5, 5.41) is 3.54. The lowest BCUT2D eigenvalue weighted by Gasteiger charge is -2.11. The first-order chi connectivity index (χ1) is 9.70. The molecule has 20 heavy (non-hydrogen) atoms. The Morgan fingerprint density at radius 1 is 1.15 bits per heavy atom. The van der Waals surface area contributed by atoms with Crippen molar-refractivity contribution in [1.29, 1.82) is 0 Å². The monoisotopic (exact) mass is 351 g/mol. The summed E-state index contributed by atoms with van der Waals surface area (Å²) in [4.78, 5) is 2.27. The van der Waals surface area contributed by atoms with E-state index in [4.69, 9.17) is 0 Å². The molecule has 4 heteroatoms. The molecule has 2 aromatic carbocycles. The zero-order valence-electron chi connectivity index (χ0n) is 10.9. The van der Waals surface area contributed by atoms with Crippen LogP contribution in [0.25, 0.3) is 0 Å². The minimum Gasteiger partial charge on any atom is -0.310 e. The second-order valence-electron chi connectivity index (χ2n) is 4.96. The van der Waals surface area contributed by atoms with Crippen molar-refractivity contribution in [1.82, 2.24) is 5.32 Å². The number of hydrogen-bond donors (Lipinski definition) is 1. The lowest BCUT2D eigenvalue weighted by atomic mass is 10.2. The van der Waals surface area contributed by atoms with Crippen LogP contribution in [0.4, 0.5) is 4.39 Å². The Morgan fingerprint density at radius 2 is 1.90 bits per heavy atom. The van der Waals surface area contributed by atoms with Crippen LogP contribution < -0.4 is 5.32 Å². The van der Waals surface area contributed by atoms with E-state index in [2.05, 4.69) is 33.4 Å². The zero-order valence-corrected chi connectivity index (χ0v) is 13.3. The molecule has 104 valence electrons. The molecular weight excluding hydrogens is 337 g/mol. The van der Waals surface area contributed by atoms with Gasteiger partial charge in [0, 0.05) is 26.9 Å². The molecule has 0 saturated heterocycles. The van der Waals surface area contributed by atoms with Gasteiger partial charge in [0.1, 0.15) is 5.82 Å². The van der Waals surface area contributed by atoms with Crippen molar-refractivity contribution in [3.05, 3.63) is 58.3 Å². The van der Waals surface area contributed by atoms with Gasteiger partial charge >= 0.3 is 0 Å². The molecule has 0 aliphatic heterocycles. The minimum absolute atomic E-state index is 0.194. The molecular formula is C16H15BrFNS. The third-order valence-electron chi connectivity index (χ3n) is 3.22. The molecule has 0 heterocycles. The zero-order chi connectivity index (χ0) is 13.9. The molecule has 3 rings (SSSR count). The van der Waals surface area contributed by atoms with Crippen LogP contribution in [-0.4, -0.2) is 6.04 Å². The van der Waals surface area contributed by atoms with Gasteiger partial charge in [0.25, 0.3) is 0 Å². The van der Waals surface area contributed by atoms with Gasteiger partial charge in [-0.3, -0.25) is 0 Å². The van der Waals surface area contributed by atoms with Crippen molar-refractivity contribution in [3.63, 3.8) is 0 Å². The van der Waals surface area contributed by atoms with Crippen LogP contribution in [0.5, 0.6) is 0 Å². The third-order valence-corrected chi connectivity index (χ3v) is 4.84. The molecule has 0 aromatic heterocycles. The largest absolute Gasteiger partial charge is 0.310 e. The van der Waals surface area contributed by atoms with E-state index in [0.717, 1.165) is 15.9 Å². The molecule has 0 unspecified atom stereocenters. The van der Waals surface area contributed by atoms with Crippen LogP contribution in [0.15, 0.2) is 56.7 Å². The van der Waals surface area contributed by atoms with Crippen molar-refractivity contribution < 1.29 is 4.39 Å². The highest BCUT2D eigenvalue weighted by Gasteiger charge is 2.20. The van der Waals surface area contributed by atoms with Gasteiger partial charge in [-0.05, 0) is 60.9 Å². The smallest absolute Gasteiger partial charge is 0.123 e. The van der Waals surface area contributed by atoms with Crippen LogP contribution in [0, 0.1) is 5.82 Å². The summed E-state index contributed by atoms with van der Waals surface area (Å²) in [6.07, 6.45) is 2.57. The molecule has 0 atom stereocenters. The fourth-order valence-electron chi connectivity index (χ4n) is 1.96. The van der Waals surface area contributed by atoms with Crippen LogP contribution >= 0.6 is 27.7 Å². The molecule has 2 aromatic rings. The van der Waals surface area contributed by atoms with Crippen molar-refractivity contribution in [3.8, 4) is 0 Å². The lowest BCUT2D eigenvalue weighted by molar-refractivity contribution is 0.626. The Morgan fingerprint density at radius 3 is 2.60 bits per heavy atom. The summed E-state index contributed by atoms with van der Waals surface area (Å²) in [6, 6.07) is 13.7. The standard InChI is InChI=1S/C16H15BrFNS/c17-12-1-8-16(11(9-12)10-19-14-4-5-14)20-15-6-2-13(18)3-7-15/h1-3,6-9,14,19H,4-5,10H2. The van der Waals surface area contributed by atoms with Gasteiger partial charge in [-0.25, -0.2) is 4.39 Å². The van der Waals surface area contributed by atoms with Gasteiger partial charge in [0.05, 0.1) is 0 Å². The predicted octanol–water partition coefficient (Wildman–Crippen LogP) is 4.99. The highest BCUT2D eigenvalue weighted by molar-refractivity contribution is 9.10. The van der Waals surface area contributed by atoms with E-state index in [0.29, 0.717) is 6.04 Å². The van der Waals surface area contributed by atoms with Crippen LogP contribution in [0.2, 0.25) is 0 Å². The van der Waals surface area contributed by atoms with E-state index >= 15 is 0 Å². The number of rotatable bonds is 5. The second kappa shape index (κ2) is 6.29. The molecule has 1 aliphatic rings. The fraction of sp³-hybridized carbons (Fsp3) is 0.250. The van der Waals surface area contributed by atoms with Crippen molar-refractivity contribution in [2.45, 2.75) is 35.2 Å². The Hall–Kier alpha value is -0.840. The molecule has 0 spiro atoms. The average Bonchev–Trinajstić information content (AvgIpc) is 3.25. The molecule has 0 radical (unpaired) electrons. The average molecular weight is 352 g/mol. The Labute approximate surface area is 131 Å². The Bertz CT molecular complexity index is 596. The van der Waals surface area contributed by atoms with Gasteiger partial charge in [-0.1, -0.05) is 27.7 Å². The highest BCUT2D eigenvalue weighted by atomic mass is 79.9. The van der Waals surface area contributed by atoms with Crippen LogP contribution in [0.1, 0.15) is 18.4 Å². The van der Waals surface area contributed by atoms with E-state index in [1.807, 2.05) is 18.2 Å². The van der Waals surface area contributed by atoms with Crippen LogP contribution in [0.3, 0.4) is 0 Å². The maximum absolute atomic E-state index is 12.9. The first-order valence-corrected chi connectivity index (χ1v) is 8.27. The Balaban J connectivity index is 1.77. The van der Waals surface area contributed by atoms with E-state index in [1.54, 1.807) is 11.8 Å². The SMILES string of the molecule is Fc1ccc(Sc2ccc(Br)cc2CNC2CC2)cc1. The van der Waals surface area contributed by atoms with Crippen molar-refractivity contribution in [2.24, 2.45) is 0 Å². The normalized spacial score (nSPS) is 14.5. The molecule has 1 nitrogen and oxygen atoms in total. The molecule has 1 aliphatic carbocycles. The maximum atomic E-state index is 12.9. The molecule has 1 fully saturated rings.